The summed E-state index contributed by atoms with van der Waals surface area (Å²) in [4.78, 5) is 48.3. The molecule has 4 N–H and O–H groups in total. The van der Waals surface area contributed by atoms with Crippen molar-refractivity contribution in [3.05, 3.63) is 35.9 Å². The highest BCUT2D eigenvalue weighted by molar-refractivity contribution is 6.15. The molecule has 1 aromatic carbocycles. The predicted octanol–water partition coefficient (Wildman–Crippen LogP) is 0.223. The smallest absolute Gasteiger partial charge is 0.335 e. The first-order chi connectivity index (χ1) is 11.2. The number of carbonyl (C=O) groups is 4. The minimum Gasteiger partial charge on any atom is -0.423 e. The van der Waals surface area contributed by atoms with Crippen molar-refractivity contribution >= 4 is 29.4 Å². The van der Waals surface area contributed by atoms with Gasteiger partial charge in [0.2, 0.25) is 0 Å². The molecule has 0 saturated carbocycles. The van der Waals surface area contributed by atoms with Crippen LogP contribution in [0.4, 0.5) is 5.69 Å². The Morgan fingerprint density at radius 2 is 1.71 bits per heavy atom. The van der Waals surface area contributed by atoms with E-state index in [2.05, 4.69) is 0 Å². The molecule has 0 bridgehead atoms. The van der Waals surface area contributed by atoms with E-state index in [1.54, 1.807) is 13.8 Å². The van der Waals surface area contributed by atoms with Crippen LogP contribution in [0.1, 0.15) is 24.2 Å². The number of ether oxygens (including phenoxy) is 1. The Hall–Kier alpha value is -3.16. The molecular weight excluding hydrogens is 314 g/mol. The standard InChI is InChI=1S/C16H17N3O5/c1-8(2)14(19-11(20)6-7-12(19)21)16(23)24-10-5-3-4-9(13(10)17)15(18)22/h3-8,14H,17H2,1-2H3,(H2,18,22)/t14-/m0/s1. The maximum absolute atomic E-state index is 12.5. The molecule has 0 unspecified atom stereocenters. The lowest BCUT2D eigenvalue weighted by Crippen LogP contribution is -2.49. The lowest BCUT2D eigenvalue weighted by molar-refractivity contribution is -0.153. The molecule has 8 heteroatoms. The van der Waals surface area contributed by atoms with E-state index in [1.165, 1.54) is 18.2 Å². The van der Waals surface area contributed by atoms with Crippen LogP contribution in [0, 0.1) is 5.92 Å². The fourth-order valence-corrected chi connectivity index (χ4v) is 2.38. The van der Waals surface area contributed by atoms with Gasteiger partial charge in [0, 0.05) is 12.2 Å². The van der Waals surface area contributed by atoms with Crippen LogP contribution in [0.15, 0.2) is 30.4 Å². The van der Waals surface area contributed by atoms with Crippen LogP contribution in [0.25, 0.3) is 0 Å². The number of amides is 3. The number of primary amides is 1. The molecule has 1 aromatic rings. The van der Waals surface area contributed by atoms with E-state index in [0.29, 0.717) is 0 Å². The molecule has 0 spiro atoms. The van der Waals surface area contributed by atoms with Crippen molar-refractivity contribution in [2.75, 3.05) is 5.73 Å². The van der Waals surface area contributed by atoms with Gasteiger partial charge < -0.3 is 16.2 Å². The molecule has 0 aliphatic carbocycles. The van der Waals surface area contributed by atoms with Crippen LogP contribution in [0.3, 0.4) is 0 Å². The number of imide groups is 1. The summed E-state index contributed by atoms with van der Waals surface area (Å²) >= 11 is 0. The van der Waals surface area contributed by atoms with E-state index in [-0.39, 0.29) is 22.9 Å². The third-order valence-corrected chi connectivity index (χ3v) is 3.54. The number of anilines is 1. The van der Waals surface area contributed by atoms with Crippen molar-refractivity contribution < 1.29 is 23.9 Å². The molecular formula is C16H17N3O5. The molecule has 24 heavy (non-hydrogen) atoms. The van der Waals surface area contributed by atoms with E-state index in [1.807, 2.05) is 0 Å². The molecule has 0 fully saturated rings. The van der Waals surface area contributed by atoms with Crippen molar-refractivity contribution in [2.45, 2.75) is 19.9 Å². The zero-order valence-electron chi connectivity index (χ0n) is 13.2. The molecule has 1 atom stereocenters. The number of nitrogens with two attached hydrogens (primary N) is 2. The number of nitrogens with zero attached hydrogens (tertiary/aromatic N) is 1. The number of carbonyl (C=O) groups excluding carboxylic acids is 4. The first-order valence-electron chi connectivity index (χ1n) is 7.19. The van der Waals surface area contributed by atoms with Gasteiger partial charge >= 0.3 is 5.97 Å². The van der Waals surface area contributed by atoms with Gasteiger partial charge in [-0.15, -0.1) is 0 Å². The van der Waals surface area contributed by atoms with E-state index < -0.39 is 29.7 Å². The SMILES string of the molecule is CC(C)[C@@H](C(=O)Oc1cccc(C(N)=O)c1N)N1C(=O)C=CC1=O. The number of nitrogen functional groups attached to an aromatic ring is 1. The van der Waals surface area contributed by atoms with Crippen molar-refractivity contribution in [1.82, 2.24) is 4.90 Å². The van der Waals surface area contributed by atoms with Gasteiger partial charge in [0.05, 0.1) is 11.3 Å². The second kappa shape index (κ2) is 6.53. The summed E-state index contributed by atoms with van der Waals surface area (Å²) in [7, 11) is 0. The highest BCUT2D eigenvalue weighted by atomic mass is 16.5. The summed E-state index contributed by atoms with van der Waals surface area (Å²) in [6.07, 6.45) is 2.18. The van der Waals surface area contributed by atoms with E-state index in [0.717, 1.165) is 17.1 Å². The zero-order chi connectivity index (χ0) is 18.0. The molecule has 3 amide bonds. The van der Waals surface area contributed by atoms with Gasteiger partial charge in [-0.2, -0.15) is 0 Å². The lowest BCUT2D eigenvalue weighted by atomic mass is 10.0. The fraction of sp³-hybridized carbons (Fsp3) is 0.250. The summed E-state index contributed by atoms with van der Waals surface area (Å²) in [6.45, 7) is 3.35. The van der Waals surface area contributed by atoms with Crippen molar-refractivity contribution in [1.29, 1.82) is 0 Å². The Morgan fingerprint density at radius 1 is 1.12 bits per heavy atom. The van der Waals surface area contributed by atoms with Gasteiger partial charge in [-0.05, 0) is 18.1 Å². The van der Waals surface area contributed by atoms with Crippen LogP contribution in [0.2, 0.25) is 0 Å². The monoisotopic (exact) mass is 331 g/mol. The summed E-state index contributed by atoms with van der Waals surface area (Å²) in [6, 6.07) is 3.13. The fourth-order valence-electron chi connectivity index (χ4n) is 2.38. The maximum atomic E-state index is 12.5. The molecule has 0 radical (unpaired) electrons. The molecule has 0 saturated heterocycles. The number of benzene rings is 1. The highest BCUT2D eigenvalue weighted by Crippen LogP contribution is 2.27. The minimum absolute atomic E-state index is 0.0105. The van der Waals surface area contributed by atoms with E-state index in [9.17, 15) is 19.2 Å². The average Bonchev–Trinajstić information content (AvgIpc) is 2.81. The Bertz CT molecular complexity index is 736. The van der Waals surface area contributed by atoms with Crippen LogP contribution in [-0.2, 0) is 14.4 Å². The third-order valence-electron chi connectivity index (χ3n) is 3.54. The van der Waals surface area contributed by atoms with Gasteiger partial charge in [-0.3, -0.25) is 19.3 Å². The molecule has 0 aromatic heterocycles. The quantitative estimate of drug-likeness (QED) is 0.343. The normalized spacial score (nSPS) is 15.0. The van der Waals surface area contributed by atoms with Gasteiger partial charge in [0.15, 0.2) is 5.75 Å². The van der Waals surface area contributed by atoms with Crippen molar-refractivity contribution in [3.63, 3.8) is 0 Å². The average molecular weight is 331 g/mol. The molecule has 8 nitrogen and oxygen atoms in total. The van der Waals surface area contributed by atoms with E-state index >= 15 is 0 Å². The lowest BCUT2D eigenvalue weighted by Gasteiger charge is -2.27. The first-order valence-corrected chi connectivity index (χ1v) is 7.19. The highest BCUT2D eigenvalue weighted by Gasteiger charge is 2.39. The van der Waals surface area contributed by atoms with E-state index in [4.69, 9.17) is 16.2 Å². The number of rotatable bonds is 5. The van der Waals surface area contributed by atoms with Gasteiger partial charge in [0.1, 0.15) is 6.04 Å². The largest absolute Gasteiger partial charge is 0.423 e. The summed E-state index contributed by atoms with van der Waals surface area (Å²) in [5.41, 5.74) is 10.9. The summed E-state index contributed by atoms with van der Waals surface area (Å²) < 4.78 is 5.22. The molecule has 2 rings (SSSR count). The second-order valence-corrected chi connectivity index (χ2v) is 5.57. The number of esters is 1. The summed E-state index contributed by atoms with van der Waals surface area (Å²) in [5, 5.41) is 0. The molecule has 1 aliphatic heterocycles. The van der Waals surface area contributed by atoms with Gasteiger partial charge in [-0.1, -0.05) is 19.9 Å². The Kier molecular flexibility index (Phi) is 4.68. The van der Waals surface area contributed by atoms with Gasteiger partial charge in [0.25, 0.3) is 17.7 Å². The third kappa shape index (κ3) is 3.12. The Balaban J connectivity index is 2.30. The molecule has 1 heterocycles. The molecule has 1 aliphatic rings. The minimum atomic E-state index is -1.11. The van der Waals surface area contributed by atoms with Crippen molar-refractivity contribution in [3.8, 4) is 5.75 Å². The first kappa shape index (κ1) is 17.2. The Morgan fingerprint density at radius 3 is 2.21 bits per heavy atom. The number of hydrogen-bond donors (Lipinski definition) is 2. The van der Waals surface area contributed by atoms with Crippen LogP contribution < -0.4 is 16.2 Å². The number of hydrogen-bond acceptors (Lipinski definition) is 6. The zero-order valence-corrected chi connectivity index (χ0v) is 13.2. The van der Waals surface area contributed by atoms with Crippen LogP contribution in [-0.4, -0.2) is 34.6 Å². The summed E-state index contributed by atoms with van der Waals surface area (Å²) in [5.74, 6) is -3.22. The Labute approximate surface area is 138 Å². The topological polar surface area (TPSA) is 133 Å². The van der Waals surface area contributed by atoms with Crippen LogP contribution in [0.5, 0.6) is 5.75 Å². The predicted molar refractivity (Wildman–Crippen MR) is 84.6 cm³/mol. The number of para-hydroxylation sites is 1. The second-order valence-electron chi connectivity index (χ2n) is 5.57. The van der Waals surface area contributed by atoms with Gasteiger partial charge in [-0.25, -0.2) is 4.79 Å². The maximum Gasteiger partial charge on any atom is 0.335 e. The van der Waals surface area contributed by atoms with Crippen molar-refractivity contribution in [2.24, 2.45) is 11.7 Å². The molecule has 126 valence electrons. The van der Waals surface area contributed by atoms with Crippen LogP contribution >= 0.6 is 0 Å².